The number of nitrogens with one attached hydrogen (secondary N) is 1. The number of carboxylic acid groups (broad SMARTS) is 1. The molecule has 0 saturated carbocycles. The van der Waals surface area contributed by atoms with Crippen LogP contribution in [0.1, 0.15) is 72.1 Å². The number of carboxylic acids is 1. The number of aliphatic carboxylic acids is 1. The summed E-state index contributed by atoms with van der Waals surface area (Å²) < 4.78 is 0. The Hall–Kier alpha value is -0.570. The second-order valence-electron chi connectivity index (χ2n) is 5.19. The third-order valence-corrected chi connectivity index (χ3v) is 3.61. The molecule has 2 N–H and O–H groups in total. The van der Waals surface area contributed by atoms with Gasteiger partial charge in [0.05, 0.1) is 0 Å². The molecule has 0 spiro atoms. The van der Waals surface area contributed by atoms with E-state index in [4.69, 9.17) is 5.11 Å². The van der Waals surface area contributed by atoms with Gasteiger partial charge in [-0.3, -0.25) is 4.79 Å². The zero-order valence-corrected chi connectivity index (χ0v) is 12.4. The Labute approximate surface area is 112 Å². The Morgan fingerprint density at radius 2 is 1.78 bits per heavy atom. The molecule has 0 bridgehead atoms. The summed E-state index contributed by atoms with van der Waals surface area (Å²) >= 11 is 0. The van der Waals surface area contributed by atoms with Crippen molar-refractivity contribution in [1.82, 2.24) is 5.32 Å². The summed E-state index contributed by atoms with van der Waals surface area (Å²) in [4.78, 5) is 11.1. The molecule has 0 radical (unpaired) electrons. The molecule has 3 nitrogen and oxygen atoms in total. The third kappa shape index (κ3) is 8.51. The van der Waals surface area contributed by atoms with Crippen molar-refractivity contribution in [3.05, 3.63) is 0 Å². The molecule has 0 aromatic heterocycles. The van der Waals surface area contributed by atoms with Crippen molar-refractivity contribution in [2.75, 3.05) is 6.54 Å². The second-order valence-corrected chi connectivity index (χ2v) is 5.19. The molecule has 2 atom stereocenters. The zero-order valence-electron chi connectivity index (χ0n) is 12.4. The minimum absolute atomic E-state index is 0.351. The van der Waals surface area contributed by atoms with Gasteiger partial charge < -0.3 is 10.4 Å². The van der Waals surface area contributed by atoms with Crippen molar-refractivity contribution < 1.29 is 9.90 Å². The minimum Gasteiger partial charge on any atom is -0.480 e. The molecule has 0 saturated heterocycles. The molecule has 0 rings (SSSR count). The van der Waals surface area contributed by atoms with Gasteiger partial charge in [0.2, 0.25) is 0 Å². The van der Waals surface area contributed by atoms with Crippen LogP contribution < -0.4 is 5.32 Å². The molecule has 0 aromatic carbocycles. The number of carbonyl (C=O) groups is 1. The van der Waals surface area contributed by atoms with Crippen LogP contribution in [0, 0.1) is 5.92 Å². The van der Waals surface area contributed by atoms with Gasteiger partial charge in [-0.15, -0.1) is 0 Å². The maximum Gasteiger partial charge on any atom is 0.320 e. The molecule has 0 heterocycles. The van der Waals surface area contributed by atoms with E-state index in [2.05, 4.69) is 26.1 Å². The molecule has 2 unspecified atom stereocenters. The lowest BCUT2D eigenvalue weighted by atomic mass is 9.97. The number of hydrogen-bond donors (Lipinski definition) is 2. The summed E-state index contributed by atoms with van der Waals surface area (Å²) in [5.41, 5.74) is 0. The monoisotopic (exact) mass is 257 g/mol. The van der Waals surface area contributed by atoms with Crippen molar-refractivity contribution in [2.24, 2.45) is 5.92 Å². The van der Waals surface area contributed by atoms with Gasteiger partial charge in [0.15, 0.2) is 0 Å². The van der Waals surface area contributed by atoms with Crippen molar-refractivity contribution >= 4 is 5.97 Å². The van der Waals surface area contributed by atoms with Gasteiger partial charge in [-0.25, -0.2) is 0 Å². The van der Waals surface area contributed by atoms with Gasteiger partial charge in [0, 0.05) is 0 Å². The van der Waals surface area contributed by atoms with E-state index >= 15 is 0 Å². The smallest absolute Gasteiger partial charge is 0.320 e. The zero-order chi connectivity index (χ0) is 13.8. The molecular weight excluding hydrogens is 226 g/mol. The average molecular weight is 257 g/mol. The fourth-order valence-electron chi connectivity index (χ4n) is 2.33. The van der Waals surface area contributed by atoms with Crippen LogP contribution in [0.3, 0.4) is 0 Å². The highest BCUT2D eigenvalue weighted by molar-refractivity contribution is 5.73. The molecule has 0 amide bonds. The Morgan fingerprint density at radius 3 is 2.28 bits per heavy atom. The minimum atomic E-state index is -0.699. The lowest BCUT2D eigenvalue weighted by Gasteiger charge is -2.17. The summed E-state index contributed by atoms with van der Waals surface area (Å²) in [5.74, 6) is 0.0437. The predicted octanol–water partition coefficient (Wildman–Crippen LogP) is 3.83. The van der Waals surface area contributed by atoms with Crippen LogP contribution in [0.25, 0.3) is 0 Å². The van der Waals surface area contributed by atoms with Crippen LogP contribution in [-0.2, 0) is 4.79 Å². The lowest BCUT2D eigenvalue weighted by Crippen LogP contribution is -2.37. The van der Waals surface area contributed by atoms with E-state index < -0.39 is 5.97 Å². The number of hydrogen-bond acceptors (Lipinski definition) is 2. The van der Waals surface area contributed by atoms with E-state index in [1.54, 1.807) is 0 Å². The van der Waals surface area contributed by atoms with E-state index in [0.29, 0.717) is 0 Å². The van der Waals surface area contributed by atoms with Crippen LogP contribution in [-0.4, -0.2) is 23.7 Å². The van der Waals surface area contributed by atoms with E-state index in [0.717, 1.165) is 44.6 Å². The molecule has 108 valence electrons. The lowest BCUT2D eigenvalue weighted by molar-refractivity contribution is -0.139. The van der Waals surface area contributed by atoms with Crippen molar-refractivity contribution in [3.63, 3.8) is 0 Å². The first-order chi connectivity index (χ1) is 8.65. The highest BCUT2D eigenvalue weighted by atomic mass is 16.4. The Balaban J connectivity index is 3.84. The van der Waals surface area contributed by atoms with Crippen LogP contribution in [0.2, 0.25) is 0 Å². The molecule has 0 aliphatic heterocycles. The predicted molar refractivity (Wildman–Crippen MR) is 76.9 cm³/mol. The van der Waals surface area contributed by atoms with Crippen LogP contribution in [0.15, 0.2) is 0 Å². The summed E-state index contributed by atoms with van der Waals surface area (Å²) in [7, 11) is 0. The molecule has 18 heavy (non-hydrogen) atoms. The summed E-state index contributed by atoms with van der Waals surface area (Å²) in [6.45, 7) is 7.40. The number of unbranched alkanes of at least 4 members (excludes halogenated alkanes) is 2. The van der Waals surface area contributed by atoms with Crippen molar-refractivity contribution in [1.29, 1.82) is 0 Å². The fraction of sp³-hybridized carbons (Fsp3) is 0.933. The summed E-state index contributed by atoms with van der Waals surface area (Å²) in [6.07, 6.45) is 8.80. The van der Waals surface area contributed by atoms with Crippen molar-refractivity contribution in [3.8, 4) is 0 Å². The van der Waals surface area contributed by atoms with Crippen LogP contribution >= 0.6 is 0 Å². The van der Waals surface area contributed by atoms with Gasteiger partial charge in [-0.2, -0.15) is 0 Å². The molecular formula is C15H31NO2. The van der Waals surface area contributed by atoms with Crippen LogP contribution in [0.5, 0.6) is 0 Å². The van der Waals surface area contributed by atoms with E-state index in [1.807, 2.05) is 0 Å². The topological polar surface area (TPSA) is 49.3 Å². The van der Waals surface area contributed by atoms with Gasteiger partial charge in [-0.1, -0.05) is 59.3 Å². The van der Waals surface area contributed by atoms with Crippen molar-refractivity contribution in [2.45, 2.75) is 78.2 Å². The maximum absolute atomic E-state index is 11.1. The molecule has 0 aliphatic carbocycles. The fourth-order valence-corrected chi connectivity index (χ4v) is 2.33. The largest absolute Gasteiger partial charge is 0.480 e. The average Bonchev–Trinajstić information content (AvgIpc) is 2.35. The molecule has 0 aliphatic rings. The first-order valence-corrected chi connectivity index (χ1v) is 7.61. The van der Waals surface area contributed by atoms with E-state index in [9.17, 15) is 4.79 Å². The molecule has 0 fully saturated rings. The van der Waals surface area contributed by atoms with Gasteiger partial charge in [-0.05, 0) is 25.3 Å². The normalized spacial score (nSPS) is 14.4. The highest BCUT2D eigenvalue weighted by Gasteiger charge is 2.16. The third-order valence-electron chi connectivity index (χ3n) is 3.61. The Bertz CT molecular complexity index is 207. The quantitative estimate of drug-likeness (QED) is 0.522. The molecule has 3 heteroatoms. The summed E-state index contributed by atoms with van der Waals surface area (Å²) in [6, 6.07) is -0.351. The van der Waals surface area contributed by atoms with Gasteiger partial charge >= 0.3 is 5.97 Å². The highest BCUT2D eigenvalue weighted by Crippen LogP contribution is 2.14. The first kappa shape index (κ1) is 17.4. The second kappa shape index (κ2) is 11.5. The maximum atomic E-state index is 11.1. The standard InChI is InChI=1S/C15H31NO2/c1-4-7-8-10-14(15(17)18)16-12-11-13(6-3)9-5-2/h13-14,16H,4-12H2,1-3H3,(H,17,18). The Kier molecular flexibility index (Phi) is 11.2. The SMILES string of the molecule is CCCCCC(NCCC(CC)CCC)C(=O)O. The molecule has 0 aromatic rings. The van der Waals surface area contributed by atoms with Gasteiger partial charge in [0.25, 0.3) is 0 Å². The summed E-state index contributed by atoms with van der Waals surface area (Å²) in [5, 5.41) is 12.3. The van der Waals surface area contributed by atoms with E-state index in [-0.39, 0.29) is 6.04 Å². The first-order valence-electron chi connectivity index (χ1n) is 7.61. The van der Waals surface area contributed by atoms with Gasteiger partial charge in [0.1, 0.15) is 6.04 Å². The van der Waals surface area contributed by atoms with Crippen LogP contribution in [0.4, 0.5) is 0 Å². The number of rotatable bonds is 12. The Morgan fingerprint density at radius 1 is 1.06 bits per heavy atom. The van der Waals surface area contributed by atoms with E-state index in [1.165, 1.54) is 19.3 Å².